The van der Waals surface area contributed by atoms with Gasteiger partial charge in [-0.25, -0.2) is 0 Å². The molecule has 0 fully saturated rings. The van der Waals surface area contributed by atoms with Crippen LogP contribution in [0, 0.1) is 6.92 Å². The van der Waals surface area contributed by atoms with Crippen LogP contribution in [0.4, 0.5) is 0 Å². The molecule has 1 aliphatic carbocycles. The van der Waals surface area contributed by atoms with E-state index < -0.39 is 6.04 Å². The number of aryl methyl sites for hydroxylation is 3. The van der Waals surface area contributed by atoms with Gasteiger partial charge < -0.3 is 5.32 Å². The summed E-state index contributed by atoms with van der Waals surface area (Å²) in [7, 11) is 0. The molecule has 0 radical (unpaired) electrons. The van der Waals surface area contributed by atoms with Crippen molar-refractivity contribution in [3.8, 4) is 0 Å². The van der Waals surface area contributed by atoms with Gasteiger partial charge in [0.25, 0.3) is 5.91 Å². The van der Waals surface area contributed by atoms with Crippen molar-refractivity contribution >= 4 is 29.1 Å². The molecule has 1 atom stereocenters. The van der Waals surface area contributed by atoms with E-state index in [-0.39, 0.29) is 24.1 Å². The van der Waals surface area contributed by atoms with E-state index in [0.29, 0.717) is 4.88 Å². The molecule has 7 heteroatoms. The Morgan fingerprint density at radius 3 is 2.40 bits per heavy atom. The van der Waals surface area contributed by atoms with E-state index >= 15 is 0 Å². The van der Waals surface area contributed by atoms with Crippen molar-refractivity contribution in [1.82, 2.24) is 16.2 Å². The van der Waals surface area contributed by atoms with Gasteiger partial charge >= 0.3 is 0 Å². The molecule has 0 saturated heterocycles. The maximum atomic E-state index is 12.5. The van der Waals surface area contributed by atoms with Crippen LogP contribution >= 0.6 is 11.3 Å². The van der Waals surface area contributed by atoms with Crippen LogP contribution in [-0.4, -0.2) is 17.7 Å². The second-order valence-corrected chi connectivity index (χ2v) is 8.98. The summed E-state index contributed by atoms with van der Waals surface area (Å²) in [4.78, 5) is 38.4. The quantitative estimate of drug-likeness (QED) is 0.635. The Hall–Kier alpha value is -2.67. The molecule has 160 valence electrons. The summed E-state index contributed by atoms with van der Waals surface area (Å²) in [5.41, 5.74) is 8.21. The summed E-state index contributed by atoms with van der Waals surface area (Å²) in [5, 5.41) is 2.80. The van der Waals surface area contributed by atoms with Crippen molar-refractivity contribution in [2.75, 3.05) is 0 Å². The van der Waals surface area contributed by atoms with Crippen molar-refractivity contribution in [3.05, 3.63) is 56.8 Å². The molecule has 6 nitrogen and oxygen atoms in total. The summed E-state index contributed by atoms with van der Waals surface area (Å²) < 4.78 is 0. The minimum atomic E-state index is -0.457. The first kappa shape index (κ1) is 22.0. The van der Waals surface area contributed by atoms with Gasteiger partial charge in [-0.3, -0.25) is 25.2 Å². The first-order valence-electron chi connectivity index (χ1n) is 10.5. The third kappa shape index (κ3) is 6.16. The Morgan fingerprint density at radius 1 is 1.00 bits per heavy atom. The van der Waals surface area contributed by atoms with Gasteiger partial charge in [0.05, 0.1) is 17.3 Å². The Labute approximate surface area is 181 Å². The summed E-state index contributed by atoms with van der Waals surface area (Å²) in [6, 6.07) is 9.16. The minimum Gasteiger partial charge on any atom is -0.349 e. The molecule has 1 aromatic carbocycles. The predicted octanol–water partition coefficient (Wildman–Crippen LogP) is 3.74. The molecule has 1 aromatic heterocycles. The van der Waals surface area contributed by atoms with Crippen LogP contribution in [0.1, 0.15) is 76.3 Å². The monoisotopic (exact) mass is 427 g/mol. The largest absolute Gasteiger partial charge is 0.349 e. The number of amides is 3. The predicted molar refractivity (Wildman–Crippen MR) is 118 cm³/mol. The van der Waals surface area contributed by atoms with E-state index in [1.54, 1.807) is 0 Å². The average molecular weight is 428 g/mol. The topological polar surface area (TPSA) is 87.3 Å². The van der Waals surface area contributed by atoms with E-state index in [0.717, 1.165) is 36.8 Å². The van der Waals surface area contributed by atoms with Gasteiger partial charge in [-0.1, -0.05) is 42.7 Å². The van der Waals surface area contributed by atoms with Crippen molar-refractivity contribution in [3.63, 3.8) is 0 Å². The Balaban J connectivity index is 1.58. The van der Waals surface area contributed by atoms with E-state index in [1.807, 2.05) is 37.3 Å². The Bertz CT molecular complexity index is 879. The number of carbonyl (C=O) groups is 3. The second-order valence-electron chi connectivity index (χ2n) is 7.84. The molecule has 1 unspecified atom stereocenters. The standard InChI is InChI=1S/C23H29N3O3S/c1-15-9-11-17(12-10-15)19(24-16(2)27)14-22(28)25-26-23(29)21-13-18-7-5-3-4-6-8-20(18)30-21/h9-13,19H,3-8,14H2,1-2H3,(H,24,27)(H,25,28)(H,26,29). The van der Waals surface area contributed by atoms with Crippen LogP contribution in [0.5, 0.6) is 0 Å². The number of hydrazine groups is 1. The zero-order valence-corrected chi connectivity index (χ0v) is 18.4. The highest BCUT2D eigenvalue weighted by Gasteiger charge is 2.19. The molecule has 0 bridgehead atoms. The Kier molecular flexibility index (Phi) is 7.63. The number of rotatable bonds is 5. The van der Waals surface area contributed by atoms with E-state index in [9.17, 15) is 14.4 Å². The highest BCUT2D eigenvalue weighted by molar-refractivity contribution is 7.14. The molecule has 0 spiro atoms. The summed E-state index contributed by atoms with van der Waals surface area (Å²) in [5.74, 6) is -0.877. The van der Waals surface area contributed by atoms with Crippen molar-refractivity contribution in [2.24, 2.45) is 0 Å². The fraction of sp³-hybridized carbons (Fsp3) is 0.435. The SMILES string of the molecule is CC(=O)NC(CC(=O)NNC(=O)c1cc2c(s1)CCCCCC2)c1ccc(C)cc1. The van der Waals surface area contributed by atoms with Gasteiger partial charge in [-0.2, -0.15) is 0 Å². The fourth-order valence-electron chi connectivity index (χ4n) is 3.68. The molecule has 1 heterocycles. The summed E-state index contributed by atoms with van der Waals surface area (Å²) in [6.07, 6.45) is 6.87. The molecular weight excluding hydrogens is 398 g/mol. The molecule has 3 N–H and O–H groups in total. The van der Waals surface area contributed by atoms with Crippen molar-refractivity contribution in [1.29, 1.82) is 0 Å². The molecule has 3 amide bonds. The van der Waals surface area contributed by atoms with E-state index in [4.69, 9.17) is 0 Å². The maximum absolute atomic E-state index is 12.5. The molecule has 0 saturated carbocycles. The normalized spacial score (nSPS) is 14.6. The maximum Gasteiger partial charge on any atom is 0.279 e. The lowest BCUT2D eigenvalue weighted by atomic mass is 10.00. The Morgan fingerprint density at radius 2 is 1.70 bits per heavy atom. The third-order valence-electron chi connectivity index (χ3n) is 5.28. The third-order valence-corrected chi connectivity index (χ3v) is 6.52. The van der Waals surface area contributed by atoms with Gasteiger partial charge in [0.15, 0.2) is 0 Å². The smallest absolute Gasteiger partial charge is 0.279 e. The van der Waals surface area contributed by atoms with Gasteiger partial charge in [-0.05, 0) is 49.8 Å². The van der Waals surface area contributed by atoms with Crippen LogP contribution in [0.25, 0.3) is 0 Å². The van der Waals surface area contributed by atoms with Gasteiger partial charge in [-0.15, -0.1) is 11.3 Å². The molecule has 1 aliphatic rings. The molecular formula is C23H29N3O3S. The number of thiophene rings is 1. The lowest BCUT2D eigenvalue weighted by molar-refractivity contribution is -0.123. The molecule has 3 rings (SSSR count). The van der Waals surface area contributed by atoms with Gasteiger partial charge in [0, 0.05) is 11.8 Å². The first-order chi connectivity index (χ1) is 14.4. The molecule has 30 heavy (non-hydrogen) atoms. The highest BCUT2D eigenvalue weighted by Crippen LogP contribution is 2.28. The number of carbonyl (C=O) groups excluding carboxylic acids is 3. The lowest BCUT2D eigenvalue weighted by Crippen LogP contribution is -2.43. The number of hydrogen-bond acceptors (Lipinski definition) is 4. The number of benzene rings is 1. The van der Waals surface area contributed by atoms with Crippen molar-refractivity contribution < 1.29 is 14.4 Å². The lowest BCUT2D eigenvalue weighted by Gasteiger charge is -2.18. The zero-order valence-electron chi connectivity index (χ0n) is 17.5. The molecule has 0 aliphatic heterocycles. The first-order valence-corrected chi connectivity index (χ1v) is 11.3. The van der Waals surface area contributed by atoms with Crippen molar-refractivity contribution in [2.45, 2.75) is 64.8 Å². The second kappa shape index (κ2) is 10.4. The van der Waals surface area contributed by atoms with Gasteiger partial charge in [0.2, 0.25) is 11.8 Å². The summed E-state index contributed by atoms with van der Waals surface area (Å²) >= 11 is 1.52. The van der Waals surface area contributed by atoms with E-state index in [2.05, 4.69) is 16.2 Å². The summed E-state index contributed by atoms with van der Waals surface area (Å²) in [6.45, 7) is 3.40. The number of fused-ring (bicyclic) bond motifs is 1. The van der Waals surface area contributed by atoms with Crippen LogP contribution in [0.2, 0.25) is 0 Å². The van der Waals surface area contributed by atoms with Crippen LogP contribution in [-0.2, 0) is 22.4 Å². The van der Waals surface area contributed by atoms with E-state index in [1.165, 1.54) is 41.5 Å². The zero-order chi connectivity index (χ0) is 21.5. The highest BCUT2D eigenvalue weighted by atomic mass is 32.1. The fourth-order valence-corrected chi connectivity index (χ4v) is 4.83. The number of hydrogen-bond donors (Lipinski definition) is 3. The van der Waals surface area contributed by atoms with Gasteiger partial charge in [0.1, 0.15) is 0 Å². The molecule has 2 aromatic rings. The average Bonchev–Trinajstić information content (AvgIpc) is 3.08. The van der Waals surface area contributed by atoms with Crippen LogP contribution < -0.4 is 16.2 Å². The van der Waals surface area contributed by atoms with Crippen LogP contribution in [0.3, 0.4) is 0 Å². The minimum absolute atomic E-state index is 0.0316. The van der Waals surface area contributed by atoms with Crippen LogP contribution in [0.15, 0.2) is 30.3 Å². The number of nitrogens with one attached hydrogen (secondary N) is 3.